The second kappa shape index (κ2) is 6.87. The molecule has 0 amide bonds. The Balaban J connectivity index is 2.00. The molecule has 1 saturated heterocycles. The molecule has 2 unspecified atom stereocenters. The van der Waals surface area contributed by atoms with Gasteiger partial charge in [0.2, 0.25) is 0 Å². The highest BCUT2D eigenvalue weighted by Gasteiger charge is 2.29. The summed E-state index contributed by atoms with van der Waals surface area (Å²) in [7, 11) is 0. The Bertz CT molecular complexity index is 359. The Morgan fingerprint density at radius 1 is 1.32 bits per heavy atom. The molecule has 0 saturated carbocycles. The fraction of sp³-hybridized carbons (Fsp3) is 0.750. The van der Waals surface area contributed by atoms with Crippen LogP contribution < -0.4 is 5.32 Å². The van der Waals surface area contributed by atoms with E-state index in [1.807, 2.05) is 11.3 Å². The summed E-state index contributed by atoms with van der Waals surface area (Å²) in [6.07, 6.45) is 1.29. The van der Waals surface area contributed by atoms with Crippen LogP contribution in [-0.2, 0) is 0 Å². The fourth-order valence-corrected chi connectivity index (χ4v) is 3.67. The van der Waals surface area contributed by atoms with E-state index in [0.717, 1.165) is 12.5 Å². The topological polar surface area (TPSA) is 15.3 Å². The van der Waals surface area contributed by atoms with Gasteiger partial charge in [0.25, 0.3) is 0 Å². The van der Waals surface area contributed by atoms with Gasteiger partial charge in [0.1, 0.15) is 0 Å². The first-order valence-corrected chi connectivity index (χ1v) is 8.45. The van der Waals surface area contributed by atoms with Crippen LogP contribution in [0.3, 0.4) is 0 Å². The second-order valence-corrected chi connectivity index (χ2v) is 7.47. The van der Waals surface area contributed by atoms with Crippen molar-refractivity contribution < 1.29 is 0 Å². The van der Waals surface area contributed by atoms with Gasteiger partial charge in [-0.1, -0.05) is 19.9 Å². The molecule has 0 bridgehead atoms. The maximum Gasteiger partial charge on any atom is 0.0201 e. The summed E-state index contributed by atoms with van der Waals surface area (Å²) in [5, 5.41) is 5.97. The smallest absolute Gasteiger partial charge is 0.0201 e. The van der Waals surface area contributed by atoms with Crippen LogP contribution in [0.2, 0.25) is 0 Å². The molecule has 1 aliphatic rings. The third-order valence-electron chi connectivity index (χ3n) is 3.97. The molecule has 0 radical (unpaired) electrons. The molecule has 1 N–H and O–H groups in total. The number of hydrogen-bond acceptors (Lipinski definition) is 3. The van der Waals surface area contributed by atoms with Crippen LogP contribution in [-0.4, -0.2) is 36.6 Å². The van der Waals surface area contributed by atoms with Crippen LogP contribution in [0.5, 0.6) is 0 Å². The van der Waals surface area contributed by atoms with Crippen LogP contribution in [0.1, 0.15) is 44.9 Å². The Labute approximate surface area is 122 Å². The first-order chi connectivity index (χ1) is 9.06. The molecule has 0 aromatic carbocycles. The maximum absolute atomic E-state index is 3.76. The summed E-state index contributed by atoms with van der Waals surface area (Å²) in [5.74, 6) is 1.44. The SMILES string of the molecule is CC(C)CNC1CC(c2cccs2)CN(C(C)C)C1. The lowest BCUT2D eigenvalue weighted by Crippen LogP contribution is -2.51. The summed E-state index contributed by atoms with van der Waals surface area (Å²) >= 11 is 1.92. The number of thiophene rings is 1. The van der Waals surface area contributed by atoms with E-state index in [0.29, 0.717) is 18.0 Å². The van der Waals surface area contributed by atoms with Crippen molar-refractivity contribution in [3.05, 3.63) is 22.4 Å². The van der Waals surface area contributed by atoms with Crippen molar-refractivity contribution in [1.82, 2.24) is 10.2 Å². The minimum Gasteiger partial charge on any atom is -0.312 e. The van der Waals surface area contributed by atoms with Gasteiger partial charge in [0.05, 0.1) is 0 Å². The Kier molecular flexibility index (Phi) is 5.43. The standard InChI is InChI=1S/C16H28N2S/c1-12(2)9-17-15-8-14(16-6-5-7-19-16)10-18(11-15)13(3)4/h5-7,12-15,17H,8-11H2,1-4H3. The molecule has 1 aromatic rings. The number of hydrogen-bond donors (Lipinski definition) is 1. The molecule has 108 valence electrons. The largest absolute Gasteiger partial charge is 0.312 e. The van der Waals surface area contributed by atoms with Crippen molar-refractivity contribution in [3.63, 3.8) is 0 Å². The van der Waals surface area contributed by atoms with Crippen LogP contribution in [0.4, 0.5) is 0 Å². The molecule has 1 fully saturated rings. The van der Waals surface area contributed by atoms with E-state index < -0.39 is 0 Å². The third-order valence-corrected chi connectivity index (χ3v) is 5.00. The summed E-state index contributed by atoms with van der Waals surface area (Å²) in [5.41, 5.74) is 0. The minimum atomic E-state index is 0.644. The molecule has 0 aliphatic carbocycles. The average molecular weight is 280 g/mol. The number of nitrogens with one attached hydrogen (secondary N) is 1. The fourth-order valence-electron chi connectivity index (χ4n) is 2.83. The van der Waals surface area contributed by atoms with E-state index >= 15 is 0 Å². The quantitative estimate of drug-likeness (QED) is 0.887. The van der Waals surface area contributed by atoms with E-state index in [4.69, 9.17) is 0 Å². The lowest BCUT2D eigenvalue weighted by molar-refractivity contribution is 0.137. The van der Waals surface area contributed by atoms with Gasteiger partial charge in [0, 0.05) is 36.0 Å². The third kappa shape index (κ3) is 4.30. The first-order valence-electron chi connectivity index (χ1n) is 7.57. The Hall–Kier alpha value is -0.380. The van der Waals surface area contributed by atoms with Crippen molar-refractivity contribution in [2.75, 3.05) is 19.6 Å². The van der Waals surface area contributed by atoms with Gasteiger partial charge >= 0.3 is 0 Å². The van der Waals surface area contributed by atoms with Crippen LogP contribution >= 0.6 is 11.3 Å². The summed E-state index contributed by atoms with van der Waals surface area (Å²) < 4.78 is 0. The lowest BCUT2D eigenvalue weighted by atomic mass is 9.91. The molecular weight excluding hydrogens is 252 g/mol. The molecule has 1 aliphatic heterocycles. The summed E-state index contributed by atoms with van der Waals surface area (Å²) in [6.45, 7) is 12.8. The molecule has 2 atom stereocenters. The molecule has 3 heteroatoms. The van der Waals surface area contributed by atoms with Crippen LogP contribution in [0.25, 0.3) is 0 Å². The second-order valence-electron chi connectivity index (χ2n) is 6.49. The zero-order valence-electron chi connectivity index (χ0n) is 12.7. The van der Waals surface area contributed by atoms with Crippen molar-refractivity contribution in [2.24, 2.45) is 5.92 Å². The molecular formula is C16H28N2S. The van der Waals surface area contributed by atoms with Crippen molar-refractivity contribution >= 4 is 11.3 Å². The highest BCUT2D eigenvalue weighted by Crippen LogP contribution is 2.31. The van der Waals surface area contributed by atoms with Crippen molar-refractivity contribution in [3.8, 4) is 0 Å². The molecule has 19 heavy (non-hydrogen) atoms. The molecule has 2 nitrogen and oxygen atoms in total. The van der Waals surface area contributed by atoms with Crippen LogP contribution in [0, 0.1) is 5.92 Å². The predicted molar refractivity (Wildman–Crippen MR) is 85.0 cm³/mol. The van der Waals surface area contributed by atoms with Gasteiger partial charge in [0.15, 0.2) is 0 Å². The van der Waals surface area contributed by atoms with Gasteiger partial charge < -0.3 is 5.32 Å². The van der Waals surface area contributed by atoms with Crippen molar-refractivity contribution in [1.29, 1.82) is 0 Å². The number of rotatable bonds is 5. The highest BCUT2D eigenvalue weighted by atomic mass is 32.1. The first kappa shape index (κ1) is 15.0. The van der Waals surface area contributed by atoms with Gasteiger partial charge in [-0.3, -0.25) is 4.90 Å². The maximum atomic E-state index is 3.76. The van der Waals surface area contributed by atoms with E-state index in [1.54, 1.807) is 4.88 Å². The normalized spacial score (nSPS) is 25.4. The molecule has 2 heterocycles. The van der Waals surface area contributed by atoms with E-state index in [2.05, 4.69) is 55.4 Å². The van der Waals surface area contributed by atoms with Crippen molar-refractivity contribution in [2.45, 2.75) is 52.1 Å². The zero-order valence-corrected chi connectivity index (χ0v) is 13.5. The zero-order chi connectivity index (χ0) is 13.8. The van der Waals surface area contributed by atoms with E-state index in [9.17, 15) is 0 Å². The molecule has 2 rings (SSSR count). The van der Waals surface area contributed by atoms with Gasteiger partial charge in [-0.2, -0.15) is 0 Å². The average Bonchev–Trinajstić information content (AvgIpc) is 2.89. The minimum absolute atomic E-state index is 0.644. The van der Waals surface area contributed by atoms with Gasteiger partial charge in [-0.05, 0) is 44.2 Å². The summed E-state index contributed by atoms with van der Waals surface area (Å²) in [6, 6.07) is 5.78. The number of piperidine rings is 1. The molecule has 0 spiro atoms. The number of nitrogens with zero attached hydrogens (tertiary/aromatic N) is 1. The highest BCUT2D eigenvalue weighted by molar-refractivity contribution is 7.10. The van der Waals surface area contributed by atoms with E-state index in [-0.39, 0.29) is 0 Å². The molecule has 1 aromatic heterocycles. The number of likely N-dealkylation sites (tertiary alicyclic amines) is 1. The van der Waals surface area contributed by atoms with E-state index in [1.165, 1.54) is 19.5 Å². The van der Waals surface area contributed by atoms with Crippen LogP contribution in [0.15, 0.2) is 17.5 Å². The summed E-state index contributed by atoms with van der Waals surface area (Å²) in [4.78, 5) is 4.19. The van der Waals surface area contributed by atoms with Gasteiger partial charge in [-0.25, -0.2) is 0 Å². The lowest BCUT2D eigenvalue weighted by Gasteiger charge is -2.40. The Morgan fingerprint density at radius 2 is 2.11 bits per heavy atom. The Morgan fingerprint density at radius 3 is 2.68 bits per heavy atom. The predicted octanol–water partition coefficient (Wildman–Crippen LogP) is 3.56. The van der Waals surface area contributed by atoms with Gasteiger partial charge in [-0.15, -0.1) is 11.3 Å². The monoisotopic (exact) mass is 280 g/mol.